The van der Waals surface area contributed by atoms with Crippen LogP contribution in [0.4, 0.5) is 0 Å². The smallest absolute Gasteiger partial charge is 0.187 e. The molecule has 1 spiro atoms. The minimum atomic E-state index is -2.19. The normalized spacial score (nSPS) is 57.7. The van der Waals surface area contributed by atoms with E-state index < -0.39 is 198 Å². The Balaban J connectivity index is 0.787. The number of fused-ring (bicyclic) bond motifs is 7. The Morgan fingerprint density at radius 2 is 1.00 bits per heavy atom. The van der Waals surface area contributed by atoms with Gasteiger partial charge in [0, 0.05) is 18.3 Å². The summed E-state index contributed by atoms with van der Waals surface area (Å²) in [6.07, 6.45) is -38.1. The lowest BCUT2D eigenvalue weighted by molar-refractivity contribution is -0.409. The Labute approximate surface area is 486 Å². The first-order chi connectivity index (χ1) is 39.9. The van der Waals surface area contributed by atoms with E-state index >= 15 is 0 Å². The van der Waals surface area contributed by atoms with Crippen LogP contribution in [0.5, 0.6) is 0 Å². The maximum atomic E-state index is 12.3. The summed E-state index contributed by atoms with van der Waals surface area (Å²) >= 11 is 0. The summed E-state index contributed by atoms with van der Waals surface area (Å²) in [4.78, 5) is 0. The first kappa shape index (κ1) is 64.4. The molecule has 28 nitrogen and oxygen atoms in total. The summed E-state index contributed by atoms with van der Waals surface area (Å²) in [5.74, 6) is 1.11. The molecule has 4 aliphatic carbocycles. The third kappa shape index (κ3) is 11.1. The second-order valence-electron chi connectivity index (χ2n) is 26.8. The van der Waals surface area contributed by atoms with Crippen LogP contribution in [-0.2, 0) is 56.8 Å². The number of hydrogen-bond donors (Lipinski definition) is 16. The number of hydrogen-bond acceptors (Lipinski definition) is 28. The summed E-state index contributed by atoms with van der Waals surface area (Å²) in [6, 6.07) is 0. The summed E-state index contributed by atoms with van der Waals surface area (Å²) < 4.78 is 73.1. The van der Waals surface area contributed by atoms with Gasteiger partial charge in [-0.05, 0) is 91.8 Å². The van der Waals surface area contributed by atoms with Gasteiger partial charge in [0.25, 0.3) is 0 Å². The molecule has 84 heavy (non-hydrogen) atoms. The van der Waals surface area contributed by atoms with Crippen molar-refractivity contribution in [2.75, 3.05) is 39.6 Å². The van der Waals surface area contributed by atoms with E-state index in [-0.39, 0.29) is 40.6 Å². The zero-order valence-corrected chi connectivity index (χ0v) is 47.8. The maximum absolute atomic E-state index is 12.3. The van der Waals surface area contributed by atoms with E-state index in [9.17, 15) is 81.7 Å². The molecule has 0 aromatic heterocycles. The van der Waals surface area contributed by atoms with Crippen molar-refractivity contribution >= 4 is 0 Å². The van der Waals surface area contributed by atoms with Gasteiger partial charge in [0.15, 0.2) is 37.2 Å². The topological polar surface area (TPSA) is 434 Å². The molecule has 11 fully saturated rings. The second-order valence-corrected chi connectivity index (χ2v) is 26.8. The van der Waals surface area contributed by atoms with Crippen molar-refractivity contribution in [3.63, 3.8) is 0 Å². The third-order valence-corrected chi connectivity index (χ3v) is 22.1. The largest absolute Gasteiger partial charge is 0.394 e. The fourth-order valence-electron chi connectivity index (χ4n) is 17.4. The summed E-state index contributed by atoms with van der Waals surface area (Å²) in [5, 5.41) is 176. The van der Waals surface area contributed by atoms with Crippen LogP contribution in [0, 0.1) is 52.3 Å². The van der Waals surface area contributed by atoms with Gasteiger partial charge < -0.3 is 139 Å². The zero-order valence-electron chi connectivity index (χ0n) is 47.8. The minimum Gasteiger partial charge on any atom is -0.394 e. The Bertz CT molecular complexity index is 2180. The molecule has 0 radical (unpaired) electrons. The predicted octanol–water partition coefficient (Wildman–Crippen LogP) is -5.48. The Morgan fingerprint density at radius 3 is 1.67 bits per heavy atom. The van der Waals surface area contributed by atoms with Crippen LogP contribution >= 0.6 is 0 Å². The maximum Gasteiger partial charge on any atom is 0.187 e. The minimum absolute atomic E-state index is 0.0752. The van der Waals surface area contributed by atoms with Crippen molar-refractivity contribution < 1.29 is 139 Å². The molecule has 484 valence electrons. The van der Waals surface area contributed by atoms with Crippen LogP contribution in [0.15, 0.2) is 0 Å². The molecule has 0 aromatic rings. The van der Waals surface area contributed by atoms with E-state index in [0.29, 0.717) is 37.2 Å². The van der Waals surface area contributed by atoms with Crippen LogP contribution in [0.3, 0.4) is 0 Å². The molecule has 16 N–H and O–H groups in total. The van der Waals surface area contributed by atoms with Gasteiger partial charge in [-0.3, -0.25) is 0 Å². The highest BCUT2D eigenvalue weighted by molar-refractivity contribution is 5.19. The fourth-order valence-corrected chi connectivity index (χ4v) is 17.4. The number of aliphatic hydroxyl groups is 16. The average molecular weight is 1210 g/mol. The molecule has 0 aromatic carbocycles. The van der Waals surface area contributed by atoms with Gasteiger partial charge in [-0.25, -0.2) is 0 Å². The van der Waals surface area contributed by atoms with Crippen molar-refractivity contribution in [2.45, 2.75) is 257 Å². The molecule has 7 aliphatic heterocycles. The summed E-state index contributed by atoms with van der Waals surface area (Å²) in [5.41, 5.74) is -0.182. The molecule has 11 aliphatic rings. The Hall–Kier alpha value is -1.12. The zero-order chi connectivity index (χ0) is 60.2. The first-order valence-electron chi connectivity index (χ1n) is 30.4. The third-order valence-electron chi connectivity index (χ3n) is 22.1. The SMILES string of the molecule is C[C@@H]1CC[C@@]2(OC1)OC1C([C@@H]2C)[C@@]2(C)CCC3C(CC[C@H]4C[C@@H](O[C@@H]5O[C@H](CO)[C@H](OC6O[C@H](CO)[C@@H](O)[C@H](OC7OC[C@@H](O)[C@H](O)[C@H]7O)[C@H]6O[C@@H]6O[C@H](CO)[C@H](O)[C@H](OC7O[C@H](CO)[C@@H](O)[C@H](O)[C@H]7O)[C@H]6O)[C@H](O)[C@H]5O)CC[C@]34C)C2[C@@H]1O. The van der Waals surface area contributed by atoms with Gasteiger partial charge >= 0.3 is 0 Å². The van der Waals surface area contributed by atoms with Crippen molar-refractivity contribution in [1.82, 2.24) is 0 Å². The lowest BCUT2D eigenvalue weighted by Gasteiger charge is -2.61. The lowest BCUT2D eigenvalue weighted by atomic mass is 9.44. The van der Waals surface area contributed by atoms with E-state index in [4.69, 9.17) is 56.8 Å². The van der Waals surface area contributed by atoms with Crippen molar-refractivity contribution in [1.29, 1.82) is 0 Å². The Kier molecular flexibility index (Phi) is 19.3. The molecule has 0 amide bonds. The van der Waals surface area contributed by atoms with Crippen LogP contribution in [0.1, 0.15) is 85.5 Å². The van der Waals surface area contributed by atoms with Crippen LogP contribution in [-0.4, -0.2) is 293 Å². The second kappa shape index (κ2) is 25.2. The van der Waals surface area contributed by atoms with Gasteiger partial charge in [0.2, 0.25) is 0 Å². The monoisotopic (exact) mass is 1210 g/mol. The Morgan fingerprint density at radius 1 is 0.440 bits per heavy atom. The quantitative estimate of drug-likeness (QED) is 0.0722. The molecule has 37 atom stereocenters. The lowest BCUT2D eigenvalue weighted by Crippen LogP contribution is -2.69. The standard InChI is InChI=1S/C56H92O28/c1-20-7-12-56(74-18-20)21(2)31-45(84-56)37(66)32-24-6-5-22-13-23(8-10-54(22,3)25(24)9-11-55(31,32)4)75-50-42(71)39(68)44(30(17-60)79-50)80-53-48(47(36(65)29(16-59)78-53)82-49-40(69)33(62)26(61)19-73-49)83-52-43(72)46(35(64)28(15-58)77-52)81-51-41(70)38(67)34(63)27(14-57)76-51/h20-53,57-72H,5-19H2,1-4H3/t20-,21+,22+,23+,24?,25?,26-,27-,28-,29-,30-,31?,32?,33+,34-,35+,36-,37+,38+,39-,40-,41-,42-,43-,44+,45?,46+,47+,48-,49?,50-,51?,52+,53?,54+,55-,56-/m1/s1. The number of aliphatic hydroxyl groups excluding tert-OH is 16. The van der Waals surface area contributed by atoms with Crippen molar-refractivity contribution in [3.05, 3.63) is 0 Å². The molecule has 8 unspecified atom stereocenters. The predicted molar refractivity (Wildman–Crippen MR) is 276 cm³/mol. The molecule has 7 saturated heterocycles. The van der Waals surface area contributed by atoms with E-state index in [1.54, 1.807) is 0 Å². The fraction of sp³-hybridized carbons (Fsp3) is 1.00. The average Bonchev–Trinajstić information content (AvgIpc) is 2.12. The number of rotatable bonds is 14. The first-order valence-corrected chi connectivity index (χ1v) is 30.4. The van der Waals surface area contributed by atoms with Crippen LogP contribution in [0.25, 0.3) is 0 Å². The van der Waals surface area contributed by atoms with E-state index in [0.717, 1.165) is 44.9 Å². The molecule has 4 saturated carbocycles. The van der Waals surface area contributed by atoms with Gasteiger partial charge in [0.1, 0.15) is 116 Å². The molecule has 11 rings (SSSR count). The molecular weight excluding hydrogens is 1120 g/mol. The highest BCUT2D eigenvalue weighted by Gasteiger charge is 2.73. The van der Waals surface area contributed by atoms with Gasteiger partial charge in [-0.2, -0.15) is 0 Å². The van der Waals surface area contributed by atoms with Crippen LogP contribution in [0.2, 0.25) is 0 Å². The van der Waals surface area contributed by atoms with Crippen molar-refractivity contribution in [3.8, 4) is 0 Å². The van der Waals surface area contributed by atoms with E-state index in [1.165, 1.54) is 0 Å². The summed E-state index contributed by atoms with van der Waals surface area (Å²) in [7, 11) is 0. The van der Waals surface area contributed by atoms with Gasteiger partial charge in [-0.15, -0.1) is 0 Å². The molecular formula is C56H92O28. The van der Waals surface area contributed by atoms with Gasteiger partial charge in [-0.1, -0.05) is 27.7 Å². The van der Waals surface area contributed by atoms with Crippen molar-refractivity contribution in [2.24, 2.45) is 52.3 Å². The molecule has 28 heteroatoms. The number of ether oxygens (including phenoxy) is 12. The van der Waals surface area contributed by atoms with E-state index in [1.807, 2.05) is 0 Å². The van der Waals surface area contributed by atoms with E-state index in [2.05, 4.69) is 27.7 Å². The highest BCUT2D eigenvalue weighted by atomic mass is 16.8. The summed E-state index contributed by atoms with van der Waals surface area (Å²) in [6.45, 7) is 5.62. The molecule has 7 heterocycles. The molecule has 0 bridgehead atoms. The van der Waals surface area contributed by atoms with Crippen LogP contribution < -0.4 is 0 Å². The van der Waals surface area contributed by atoms with Gasteiger partial charge in [0.05, 0.1) is 58.0 Å². The highest BCUT2D eigenvalue weighted by Crippen LogP contribution is 2.71.